The van der Waals surface area contributed by atoms with E-state index in [1.807, 2.05) is 31.2 Å². The van der Waals surface area contributed by atoms with E-state index < -0.39 is 0 Å². The predicted molar refractivity (Wildman–Crippen MR) is 77.3 cm³/mol. The Labute approximate surface area is 116 Å². The van der Waals surface area contributed by atoms with Crippen LogP contribution in [-0.4, -0.2) is 19.8 Å². The molecule has 3 nitrogen and oxygen atoms in total. The molecule has 0 amide bonds. The molecule has 1 aromatic carbocycles. The fourth-order valence-electron chi connectivity index (χ4n) is 2.57. The molecule has 0 bridgehead atoms. The van der Waals surface area contributed by atoms with Crippen LogP contribution in [0.4, 0.5) is 0 Å². The van der Waals surface area contributed by atoms with Gasteiger partial charge in [0.05, 0.1) is 7.11 Å². The van der Waals surface area contributed by atoms with Crippen molar-refractivity contribution >= 4 is 0 Å². The maximum atomic E-state index is 6.08. The van der Waals surface area contributed by atoms with Crippen molar-refractivity contribution in [2.75, 3.05) is 13.7 Å². The molecule has 0 heterocycles. The van der Waals surface area contributed by atoms with Gasteiger partial charge in [0.1, 0.15) is 11.9 Å². The van der Waals surface area contributed by atoms with E-state index in [1.165, 1.54) is 19.3 Å². The molecule has 1 aliphatic carbocycles. The number of rotatable bonds is 7. The van der Waals surface area contributed by atoms with Gasteiger partial charge in [-0.2, -0.15) is 0 Å². The number of ether oxygens (including phenoxy) is 2. The molecule has 0 aliphatic heterocycles. The average molecular weight is 263 g/mol. The van der Waals surface area contributed by atoms with E-state index in [4.69, 9.17) is 15.2 Å². The highest BCUT2D eigenvalue weighted by Crippen LogP contribution is 2.32. The summed E-state index contributed by atoms with van der Waals surface area (Å²) in [5.74, 6) is 1.72. The summed E-state index contributed by atoms with van der Waals surface area (Å²) in [7, 11) is 1.69. The molecule has 1 aromatic rings. The molecular weight excluding hydrogens is 238 g/mol. The van der Waals surface area contributed by atoms with Gasteiger partial charge in [-0.15, -0.1) is 0 Å². The van der Waals surface area contributed by atoms with Gasteiger partial charge in [-0.25, -0.2) is 0 Å². The second-order valence-electron chi connectivity index (χ2n) is 5.48. The van der Waals surface area contributed by atoms with Gasteiger partial charge in [0.25, 0.3) is 0 Å². The van der Waals surface area contributed by atoms with Gasteiger partial charge in [-0.05, 0) is 25.3 Å². The Morgan fingerprint density at radius 2 is 2.05 bits per heavy atom. The van der Waals surface area contributed by atoms with Crippen LogP contribution in [0, 0.1) is 5.92 Å². The fraction of sp³-hybridized carbons (Fsp3) is 0.625. The second-order valence-corrected chi connectivity index (χ2v) is 5.48. The molecule has 0 saturated heterocycles. The minimum Gasteiger partial charge on any atom is -0.496 e. The fourth-order valence-corrected chi connectivity index (χ4v) is 2.57. The Bertz CT molecular complexity index is 388. The molecule has 0 radical (unpaired) electrons. The van der Waals surface area contributed by atoms with E-state index in [1.54, 1.807) is 7.11 Å². The highest BCUT2D eigenvalue weighted by molar-refractivity contribution is 5.35. The third kappa shape index (κ3) is 3.71. The predicted octanol–water partition coefficient (Wildman–Crippen LogP) is 3.29. The molecule has 2 rings (SSSR count). The van der Waals surface area contributed by atoms with Crippen LogP contribution >= 0.6 is 0 Å². The zero-order valence-corrected chi connectivity index (χ0v) is 12.0. The summed E-state index contributed by atoms with van der Waals surface area (Å²) in [5, 5.41) is 0. The van der Waals surface area contributed by atoms with Crippen molar-refractivity contribution in [2.24, 2.45) is 11.7 Å². The zero-order valence-electron chi connectivity index (χ0n) is 12.0. The Balaban J connectivity index is 1.97. The first kappa shape index (κ1) is 14.4. The summed E-state index contributed by atoms with van der Waals surface area (Å²) < 4.78 is 11.4. The summed E-state index contributed by atoms with van der Waals surface area (Å²) in [6, 6.07) is 7.92. The van der Waals surface area contributed by atoms with Crippen LogP contribution in [-0.2, 0) is 4.74 Å². The Hall–Kier alpha value is -1.06. The van der Waals surface area contributed by atoms with Crippen molar-refractivity contribution in [3.8, 4) is 5.75 Å². The number of hydrogen-bond acceptors (Lipinski definition) is 3. The lowest BCUT2D eigenvalue weighted by Crippen LogP contribution is -2.28. The Kier molecular flexibility index (Phi) is 5.23. The van der Waals surface area contributed by atoms with E-state index in [0.29, 0.717) is 0 Å². The van der Waals surface area contributed by atoms with Crippen molar-refractivity contribution in [1.82, 2.24) is 0 Å². The van der Waals surface area contributed by atoms with Crippen LogP contribution in [0.25, 0.3) is 0 Å². The number of methoxy groups -OCH3 is 1. The third-order valence-corrected chi connectivity index (χ3v) is 3.97. The molecule has 2 unspecified atom stereocenters. The third-order valence-electron chi connectivity index (χ3n) is 3.97. The maximum absolute atomic E-state index is 6.08. The van der Waals surface area contributed by atoms with Crippen molar-refractivity contribution in [3.05, 3.63) is 29.8 Å². The van der Waals surface area contributed by atoms with Crippen LogP contribution in [0.1, 0.15) is 44.3 Å². The highest BCUT2D eigenvalue weighted by atomic mass is 16.5. The lowest BCUT2D eigenvalue weighted by molar-refractivity contribution is 0.0232. The van der Waals surface area contributed by atoms with Crippen molar-refractivity contribution in [3.63, 3.8) is 0 Å². The van der Waals surface area contributed by atoms with E-state index in [-0.39, 0.29) is 12.1 Å². The molecule has 2 atom stereocenters. The van der Waals surface area contributed by atoms with Crippen LogP contribution in [0.3, 0.4) is 0 Å². The largest absolute Gasteiger partial charge is 0.496 e. The molecule has 3 heteroatoms. The standard InChI is InChI=1S/C16H25NO2/c1-12(17)16(19-11-10-13-6-5-7-13)14-8-3-4-9-15(14)18-2/h3-4,8-9,12-13,16H,5-7,10-11,17H2,1-2H3. The normalized spacial score (nSPS) is 18.7. The van der Waals surface area contributed by atoms with E-state index in [9.17, 15) is 0 Å². The average Bonchev–Trinajstić information content (AvgIpc) is 2.36. The molecule has 1 aliphatic rings. The zero-order chi connectivity index (χ0) is 13.7. The van der Waals surface area contributed by atoms with Gasteiger partial charge in [0.15, 0.2) is 0 Å². The van der Waals surface area contributed by atoms with Crippen LogP contribution in [0.2, 0.25) is 0 Å². The number of hydrogen-bond donors (Lipinski definition) is 1. The number of nitrogens with two attached hydrogens (primary N) is 1. The Morgan fingerprint density at radius 3 is 2.63 bits per heavy atom. The SMILES string of the molecule is COc1ccccc1C(OCCC1CCC1)C(C)N. The van der Waals surface area contributed by atoms with E-state index in [0.717, 1.165) is 30.3 Å². The van der Waals surface area contributed by atoms with Gasteiger partial charge >= 0.3 is 0 Å². The molecule has 2 N–H and O–H groups in total. The monoisotopic (exact) mass is 263 g/mol. The molecule has 1 fully saturated rings. The smallest absolute Gasteiger partial charge is 0.124 e. The summed E-state index contributed by atoms with van der Waals surface area (Å²) in [6.07, 6.45) is 5.17. The minimum absolute atomic E-state index is 0.0438. The van der Waals surface area contributed by atoms with Gasteiger partial charge in [-0.1, -0.05) is 37.5 Å². The van der Waals surface area contributed by atoms with E-state index in [2.05, 4.69) is 0 Å². The first-order valence-electron chi connectivity index (χ1n) is 7.22. The minimum atomic E-state index is -0.0868. The quantitative estimate of drug-likeness (QED) is 0.821. The van der Waals surface area contributed by atoms with E-state index >= 15 is 0 Å². The summed E-state index contributed by atoms with van der Waals surface area (Å²) in [6.45, 7) is 2.77. The molecule has 1 saturated carbocycles. The summed E-state index contributed by atoms with van der Waals surface area (Å²) in [5.41, 5.74) is 7.12. The van der Waals surface area contributed by atoms with Crippen molar-refractivity contribution in [1.29, 1.82) is 0 Å². The first-order chi connectivity index (χ1) is 9.22. The number of benzene rings is 1. The van der Waals surface area contributed by atoms with Gasteiger partial charge in [-0.3, -0.25) is 0 Å². The molecule has 106 valence electrons. The van der Waals surface area contributed by atoms with Gasteiger partial charge < -0.3 is 15.2 Å². The maximum Gasteiger partial charge on any atom is 0.124 e. The van der Waals surface area contributed by atoms with Crippen LogP contribution in [0.5, 0.6) is 5.75 Å². The lowest BCUT2D eigenvalue weighted by Gasteiger charge is -2.28. The molecule has 19 heavy (non-hydrogen) atoms. The van der Waals surface area contributed by atoms with Crippen LogP contribution < -0.4 is 10.5 Å². The molecule has 0 spiro atoms. The van der Waals surface area contributed by atoms with Gasteiger partial charge in [0, 0.05) is 18.2 Å². The van der Waals surface area contributed by atoms with Crippen molar-refractivity contribution < 1.29 is 9.47 Å². The summed E-state index contributed by atoms with van der Waals surface area (Å²) in [4.78, 5) is 0. The Morgan fingerprint density at radius 1 is 1.32 bits per heavy atom. The molecular formula is C16H25NO2. The summed E-state index contributed by atoms with van der Waals surface area (Å²) >= 11 is 0. The second kappa shape index (κ2) is 6.92. The number of para-hydroxylation sites is 1. The van der Waals surface area contributed by atoms with Gasteiger partial charge in [0.2, 0.25) is 0 Å². The topological polar surface area (TPSA) is 44.5 Å². The van der Waals surface area contributed by atoms with Crippen molar-refractivity contribution in [2.45, 2.75) is 44.8 Å². The highest BCUT2D eigenvalue weighted by Gasteiger charge is 2.22. The first-order valence-corrected chi connectivity index (χ1v) is 7.22. The molecule has 0 aromatic heterocycles. The lowest BCUT2D eigenvalue weighted by atomic mass is 9.83. The van der Waals surface area contributed by atoms with Crippen LogP contribution in [0.15, 0.2) is 24.3 Å².